The zero-order valence-electron chi connectivity index (χ0n) is 12.9. The molecule has 0 aliphatic carbocycles. The number of hydrogen-bond acceptors (Lipinski definition) is 6. The van der Waals surface area contributed by atoms with Crippen molar-refractivity contribution in [1.82, 2.24) is 20.2 Å². The van der Waals surface area contributed by atoms with E-state index < -0.39 is 0 Å². The molecule has 3 rings (SSSR count). The first-order chi connectivity index (χ1) is 10.7. The first-order valence-electron chi connectivity index (χ1n) is 7.49. The van der Waals surface area contributed by atoms with Gasteiger partial charge in [-0.3, -0.25) is 4.79 Å². The van der Waals surface area contributed by atoms with Gasteiger partial charge in [0.05, 0.1) is 0 Å². The van der Waals surface area contributed by atoms with Gasteiger partial charge >= 0.3 is 0 Å². The quantitative estimate of drug-likeness (QED) is 0.685. The summed E-state index contributed by atoms with van der Waals surface area (Å²) in [6.07, 6.45) is 2.19. The Kier molecular flexibility index (Phi) is 4.95. The first-order valence-corrected chi connectivity index (χ1v) is 9.29. The largest absolute Gasteiger partial charge is 0.340 e. The van der Waals surface area contributed by atoms with Gasteiger partial charge in [-0.1, -0.05) is 0 Å². The van der Waals surface area contributed by atoms with Crippen molar-refractivity contribution in [2.75, 3.05) is 31.9 Å². The third-order valence-electron chi connectivity index (χ3n) is 3.95. The summed E-state index contributed by atoms with van der Waals surface area (Å²) in [6.45, 7) is 7.68. The minimum atomic E-state index is 0.248. The van der Waals surface area contributed by atoms with Gasteiger partial charge in [-0.25, -0.2) is 9.97 Å². The Morgan fingerprint density at radius 1 is 1.36 bits per heavy atom. The molecule has 0 aromatic carbocycles. The number of nitrogens with one attached hydrogen (secondary N) is 1. The lowest BCUT2D eigenvalue weighted by atomic mass is 10.2. The van der Waals surface area contributed by atoms with Crippen LogP contribution in [-0.4, -0.2) is 52.7 Å². The molecular weight excluding hydrogens is 316 g/mol. The third kappa shape index (κ3) is 3.26. The molecular formula is C15H20N4OS2. The van der Waals surface area contributed by atoms with Crippen LogP contribution in [0.1, 0.15) is 16.9 Å². The predicted octanol–water partition coefficient (Wildman–Crippen LogP) is 2.22. The van der Waals surface area contributed by atoms with E-state index in [0.29, 0.717) is 6.42 Å². The molecule has 7 heteroatoms. The van der Waals surface area contributed by atoms with Gasteiger partial charge < -0.3 is 10.2 Å². The van der Waals surface area contributed by atoms with Crippen molar-refractivity contribution in [2.24, 2.45) is 0 Å². The average molecular weight is 336 g/mol. The number of carbonyl (C=O) groups is 1. The van der Waals surface area contributed by atoms with E-state index in [4.69, 9.17) is 0 Å². The van der Waals surface area contributed by atoms with E-state index in [1.165, 1.54) is 10.4 Å². The van der Waals surface area contributed by atoms with E-state index >= 15 is 0 Å². The van der Waals surface area contributed by atoms with Crippen LogP contribution in [0.25, 0.3) is 10.2 Å². The highest BCUT2D eigenvalue weighted by molar-refractivity contribution is 7.99. The Labute approximate surface area is 138 Å². The van der Waals surface area contributed by atoms with E-state index in [0.717, 1.165) is 47.2 Å². The monoisotopic (exact) mass is 336 g/mol. The summed E-state index contributed by atoms with van der Waals surface area (Å²) in [6, 6.07) is 0. The summed E-state index contributed by atoms with van der Waals surface area (Å²) in [5, 5.41) is 5.42. The maximum Gasteiger partial charge on any atom is 0.223 e. The second-order valence-electron chi connectivity index (χ2n) is 5.37. The summed E-state index contributed by atoms with van der Waals surface area (Å²) >= 11 is 3.37. The maximum atomic E-state index is 12.2. The van der Waals surface area contributed by atoms with Crippen LogP contribution in [0.5, 0.6) is 0 Å². The van der Waals surface area contributed by atoms with Crippen LogP contribution in [0.4, 0.5) is 0 Å². The Morgan fingerprint density at radius 2 is 2.14 bits per heavy atom. The van der Waals surface area contributed by atoms with Gasteiger partial charge in [-0.05, 0) is 19.4 Å². The van der Waals surface area contributed by atoms with Gasteiger partial charge in [0.2, 0.25) is 5.91 Å². The summed E-state index contributed by atoms with van der Waals surface area (Å²) in [5.74, 6) is 1.01. The second-order valence-corrected chi connectivity index (χ2v) is 7.66. The van der Waals surface area contributed by atoms with Gasteiger partial charge in [-0.15, -0.1) is 23.1 Å². The summed E-state index contributed by atoms with van der Waals surface area (Å²) in [7, 11) is 0. The fraction of sp³-hybridized carbons (Fsp3) is 0.533. The number of aromatic nitrogens is 2. The average Bonchev–Trinajstić information content (AvgIpc) is 2.84. The second kappa shape index (κ2) is 6.93. The Bertz CT molecular complexity index is 679. The smallest absolute Gasteiger partial charge is 0.223 e. The molecule has 1 fully saturated rings. The van der Waals surface area contributed by atoms with Crippen molar-refractivity contribution in [3.05, 3.63) is 16.8 Å². The topological polar surface area (TPSA) is 58.1 Å². The number of nitrogens with zero attached hydrogens (tertiary/aromatic N) is 3. The zero-order chi connectivity index (χ0) is 15.5. The van der Waals surface area contributed by atoms with Crippen molar-refractivity contribution >= 4 is 39.2 Å². The lowest BCUT2D eigenvalue weighted by Gasteiger charge is -2.27. The number of piperazine rings is 1. The maximum absolute atomic E-state index is 12.2. The number of thioether (sulfide) groups is 1. The number of hydrogen-bond donors (Lipinski definition) is 1. The number of fused-ring (bicyclic) bond motifs is 1. The van der Waals surface area contributed by atoms with Crippen LogP contribution in [0.3, 0.4) is 0 Å². The van der Waals surface area contributed by atoms with Crippen molar-refractivity contribution in [2.45, 2.75) is 25.3 Å². The Hall–Kier alpha value is -1.18. The SMILES string of the molecule is Cc1sc2ncnc(SCCC(=O)N3CCNCC3)c2c1C. The summed E-state index contributed by atoms with van der Waals surface area (Å²) < 4.78 is 0. The standard InChI is InChI=1S/C15H20N4OS2/c1-10-11(2)22-15-13(10)14(17-9-18-15)21-8-3-12(20)19-6-4-16-5-7-19/h9,16H,3-8H2,1-2H3. The van der Waals surface area contributed by atoms with Crippen LogP contribution >= 0.6 is 23.1 Å². The fourth-order valence-electron chi connectivity index (χ4n) is 2.57. The molecule has 1 N–H and O–H groups in total. The van der Waals surface area contributed by atoms with Crippen molar-refractivity contribution < 1.29 is 4.79 Å². The van der Waals surface area contributed by atoms with Crippen LogP contribution in [0.15, 0.2) is 11.4 Å². The van der Waals surface area contributed by atoms with Gasteiger partial charge in [0.1, 0.15) is 16.2 Å². The molecule has 5 nitrogen and oxygen atoms in total. The van der Waals surface area contributed by atoms with Crippen LogP contribution in [-0.2, 0) is 4.79 Å². The molecule has 1 amide bonds. The highest BCUT2D eigenvalue weighted by Crippen LogP contribution is 2.34. The molecule has 118 valence electrons. The zero-order valence-corrected chi connectivity index (χ0v) is 14.5. The molecule has 22 heavy (non-hydrogen) atoms. The van der Waals surface area contributed by atoms with Crippen LogP contribution < -0.4 is 5.32 Å². The highest BCUT2D eigenvalue weighted by Gasteiger charge is 2.17. The lowest BCUT2D eigenvalue weighted by molar-refractivity contribution is -0.131. The normalized spacial score (nSPS) is 15.5. The lowest BCUT2D eigenvalue weighted by Crippen LogP contribution is -2.46. The minimum Gasteiger partial charge on any atom is -0.340 e. The van der Waals surface area contributed by atoms with E-state index in [-0.39, 0.29) is 5.91 Å². The Balaban J connectivity index is 1.63. The molecule has 2 aromatic rings. The number of rotatable bonds is 4. The van der Waals surface area contributed by atoms with Gasteiger partial charge in [-0.2, -0.15) is 0 Å². The number of carbonyl (C=O) groups excluding carboxylic acids is 1. The summed E-state index contributed by atoms with van der Waals surface area (Å²) in [5.41, 5.74) is 1.26. The third-order valence-corrected chi connectivity index (χ3v) is 6.06. The van der Waals surface area contributed by atoms with Crippen LogP contribution in [0, 0.1) is 13.8 Å². The Morgan fingerprint density at radius 3 is 2.91 bits per heavy atom. The molecule has 0 bridgehead atoms. The molecule has 2 aromatic heterocycles. The number of amides is 1. The molecule has 0 atom stereocenters. The molecule has 0 saturated carbocycles. The molecule has 1 saturated heterocycles. The van der Waals surface area contributed by atoms with Crippen molar-refractivity contribution in [3.8, 4) is 0 Å². The van der Waals surface area contributed by atoms with E-state index in [1.807, 2.05) is 4.90 Å². The molecule has 0 unspecified atom stereocenters. The fourth-order valence-corrected chi connectivity index (χ4v) is 4.61. The van der Waals surface area contributed by atoms with Crippen molar-refractivity contribution in [3.63, 3.8) is 0 Å². The molecule has 3 heterocycles. The van der Waals surface area contributed by atoms with Crippen LogP contribution in [0.2, 0.25) is 0 Å². The number of thiophene rings is 1. The van der Waals surface area contributed by atoms with Crippen molar-refractivity contribution in [1.29, 1.82) is 0 Å². The predicted molar refractivity (Wildman–Crippen MR) is 91.7 cm³/mol. The highest BCUT2D eigenvalue weighted by atomic mass is 32.2. The van der Waals surface area contributed by atoms with Gasteiger partial charge in [0.25, 0.3) is 0 Å². The minimum absolute atomic E-state index is 0.248. The molecule has 1 aliphatic rings. The van der Waals surface area contributed by atoms with E-state index in [9.17, 15) is 4.79 Å². The van der Waals surface area contributed by atoms with Gasteiger partial charge in [0, 0.05) is 48.6 Å². The summed E-state index contributed by atoms with van der Waals surface area (Å²) in [4.78, 5) is 25.2. The first kappa shape index (κ1) is 15.7. The van der Waals surface area contributed by atoms with E-state index in [1.54, 1.807) is 29.4 Å². The van der Waals surface area contributed by atoms with E-state index in [2.05, 4.69) is 29.1 Å². The molecule has 1 aliphatic heterocycles. The molecule has 0 spiro atoms. The van der Waals surface area contributed by atoms with Gasteiger partial charge in [0.15, 0.2) is 0 Å². The number of aryl methyl sites for hydroxylation is 2. The molecule has 0 radical (unpaired) electrons.